The van der Waals surface area contributed by atoms with Crippen molar-refractivity contribution in [2.45, 2.75) is 20.1 Å². The van der Waals surface area contributed by atoms with Gasteiger partial charge in [-0.25, -0.2) is 0 Å². The lowest BCUT2D eigenvalue weighted by Crippen LogP contribution is -2.17. The molecule has 0 fully saturated rings. The molecule has 0 aromatic heterocycles. The van der Waals surface area contributed by atoms with E-state index >= 15 is 0 Å². The Morgan fingerprint density at radius 1 is 1.09 bits per heavy atom. The van der Waals surface area contributed by atoms with Crippen LogP contribution in [0.5, 0.6) is 11.5 Å². The highest BCUT2D eigenvalue weighted by Gasteiger charge is 2.14. The van der Waals surface area contributed by atoms with E-state index in [1.807, 2.05) is 24.3 Å². The summed E-state index contributed by atoms with van der Waals surface area (Å²) in [6, 6.07) is 14.2. The van der Waals surface area contributed by atoms with Crippen LogP contribution in [0.1, 0.15) is 18.1 Å². The number of hydrogen-bond donors (Lipinski definition) is 0. The molecular weight excluding hydrogens is 342 g/mol. The molecule has 0 aliphatic carbocycles. The third-order valence-electron chi connectivity index (χ3n) is 3.57. The van der Waals surface area contributed by atoms with Gasteiger partial charge in [-0.15, -0.1) is 0 Å². The first kappa shape index (κ1) is 16.8. The molecule has 0 atom stereocenters. The van der Waals surface area contributed by atoms with Gasteiger partial charge in [-0.05, 0) is 46.7 Å². The lowest BCUT2D eigenvalue weighted by Gasteiger charge is -2.19. The molecule has 0 saturated carbocycles. The van der Waals surface area contributed by atoms with Gasteiger partial charge in [-0.1, -0.05) is 43.3 Å². The van der Waals surface area contributed by atoms with Gasteiger partial charge in [0.25, 0.3) is 0 Å². The van der Waals surface area contributed by atoms with Crippen LogP contribution in [-0.4, -0.2) is 25.6 Å². The van der Waals surface area contributed by atoms with Crippen molar-refractivity contribution >= 4 is 15.9 Å². The van der Waals surface area contributed by atoms with Crippen LogP contribution in [-0.2, 0) is 13.2 Å². The second kappa shape index (κ2) is 8.20. The van der Waals surface area contributed by atoms with E-state index in [1.165, 1.54) is 5.56 Å². The molecule has 0 unspecified atom stereocenters. The maximum atomic E-state index is 6.01. The van der Waals surface area contributed by atoms with Gasteiger partial charge in [0.15, 0.2) is 11.5 Å². The third-order valence-corrected chi connectivity index (χ3v) is 4.44. The fourth-order valence-electron chi connectivity index (χ4n) is 2.13. The van der Waals surface area contributed by atoms with Gasteiger partial charge in [0.1, 0.15) is 6.61 Å². The van der Waals surface area contributed by atoms with Crippen molar-refractivity contribution in [2.75, 3.05) is 20.7 Å². The van der Waals surface area contributed by atoms with Crippen LogP contribution < -0.4 is 9.47 Å². The van der Waals surface area contributed by atoms with Gasteiger partial charge in [0, 0.05) is 6.54 Å². The van der Waals surface area contributed by atoms with Crippen LogP contribution in [0.2, 0.25) is 0 Å². The van der Waals surface area contributed by atoms with Gasteiger partial charge in [-0.3, -0.25) is 0 Å². The van der Waals surface area contributed by atoms with Gasteiger partial charge in [0.05, 0.1) is 11.6 Å². The Bertz CT molecular complexity index is 602. The summed E-state index contributed by atoms with van der Waals surface area (Å²) < 4.78 is 12.4. The molecule has 3 nitrogen and oxygen atoms in total. The standard InChI is InChI=1S/C18H22BrNO2/c1-4-20(2)12-15-10-11-16(21-3)18(17(15)19)22-13-14-8-6-5-7-9-14/h5-11H,4,12-13H2,1-3H3. The number of methoxy groups -OCH3 is 1. The quantitative estimate of drug-likeness (QED) is 0.723. The number of hydrogen-bond acceptors (Lipinski definition) is 3. The van der Waals surface area contributed by atoms with Crippen LogP contribution >= 0.6 is 15.9 Å². The normalized spacial score (nSPS) is 10.8. The summed E-state index contributed by atoms with van der Waals surface area (Å²) in [4.78, 5) is 2.24. The van der Waals surface area contributed by atoms with Crippen molar-refractivity contribution in [2.24, 2.45) is 0 Å². The average Bonchev–Trinajstić information content (AvgIpc) is 2.56. The molecule has 0 saturated heterocycles. The maximum absolute atomic E-state index is 6.01. The Morgan fingerprint density at radius 3 is 2.45 bits per heavy atom. The van der Waals surface area contributed by atoms with Crippen LogP contribution in [0.15, 0.2) is 46.9 Å². The van der Waals surface area contributed by atoms with E-state index in [-0.39, 0.29) is 0 Å². The Kier molecular flexibility index (Phi) is 6.28. The van der Waals surface area contributed by atoms with Crippen molar-refractivity contribution in [1.82, 2.24) is 4.90 Å². The summed E-state index contributed by atoms with van der Waals surface area (Å²) in [5.74, 6) is 1.50. The van der Waals surface area contributed by atoms with Crippen molar-refractivity contribution in [1.29, 1.82) is 0 Å². The Morgan fingerprint density at radius 2 is 1.82 bits per heavy atom. The monoisotopic (exact) mass is 363 g/mol. The van der Waals surface area contributed by atoms with Crippen LogP contribution in [0.25, 0.3) is 0 Å². The minimum absolute atomic E-state index is 0.517. The molecule has 0 radical (unpaired) electrons. The van der Waals surface area contributed by atoms with Gasteiger partial charge < -0.3 is 14.4 Å². The maximum Gasteiger partial charge on any atom is 0.176 e. The number of nitrogens with zero attached hydrogens (tertiary/aromatic N) is 1. The van der Waals surface area contributed by atoms with E-state index in [9.17, 15) is 0 Å². The number of rotatable bonds is 7. The molecular formula is C18H22BrNO2. The molecule has 2 aromatic carbocycles. The minimum atomic E-state index is 0.517. The van der Waals surface area contributed by atoms with Crippen LogP contribution in [0, 0.1) is 0 Å². The van der Waals surface area contributed by atoms with Gasteiger partial charge >= 0.3 is 0 Å². The first-order valence-electron chi connectivity index (χ1n) is 7.36. The molecule has 2 aromatic rings. The van der Waals surface area contributed by atoms with Crippen molar-refractivity contribution in [3.05, 3.63) is 58.1 Å². The van der Waals surface area contributed by atoms with Crippen LogP contribution in [0.3, 0.4) is 0 Å². The van der Waals surface area contributed by atoms with E-state index in [0.717, 1.165) is 34.6 Å². The second-order valence-electron chi connectivity index (χ2n) is 5.17. The van der Waals surface area contributed by atoms with Gasteiger partial charge in [-0.2, -0.15) is 0 Å². The van der Waals surface area contributed by atoms with E-state index in [4.69, 9.17) is 9.47 Å². The Labute approximate surface area is 141 Å². The highest BCUT2D eigenvalue weighted by atomic mass is 79.9. The summed E-state index contributed by atoms with van der Waals surface area (Å²) in [5.41, 5.74) is 2.32. The summed E-state index contributed by atoms with van der Waals surface area (Å²) in [6.07, 6.45) is 0. The molecule has 118 valence electrons. The zero-order valence-electron chi connectivity index (χ0n) is 13.3. The van der Waals surface area contributed by atoms with Crippen molar-refractivity contribution < 1.29 is 9.47 Å². The largest absolute Gasteiger partial charge is 0.493 e. The smallest absolute Gasteiger partial charge is 0.176 e. The summed E-state index contributed by atoms with van der Waals surface area (Å²) in [5, 5.41) is 0. The molecule has 0 aliphatic heterocycles. The zero-order chi connectivity index (χ0) is 15.9. The first-order valence-corrected chi connectivity index (χ1v) is 8.15. The molecule has 4 heteroatoms. The SMILES string of the molecule is CCN(C)Cc1ccc(OC)c(OCc2ccccc2)c1Br. The molecule has 22 heavy (non-hydrogen) atoms. The highest BCUT2D eigenvalue weighted by molar-refractivity contribution is 9.10. The van der Waals surface area contributed by atoms with Crippen molar-refractivity contribution in [3.8, 4) is 11.5 Å². The Balaban J connectivity index is 2.21. The molecule has 0 spiro atoms. The molecule has 2 rings (SSSR count). The summed E-state index contributed by atoms with van der Waals surface area (Å²) in [6.45, 7) is 4.52. The van der Waals surface area contributed by atoms with E-state index in [1.54, 1.807) is 7.11 Å². The number of benzene rings is 2. The van der Waals surface area contributed by atoms with E-state index in [0.29, 0.717) is 6.61 Å². The lowest BCUT2D eigenvalue weighted by molar-refractivity contribution is 0.280. The van der Waals surface area contributed by atoms with Gasteiger partial charge in [0.2, 0.25) is 0 Å². The predicted molar refractivity (Wildman–Crippen MR) is 93.5 cm³/mol. The lowest BCUT2D eigenvalue weighted by atomic mass is 10.2. The van der Waals surface area contributed by atoms with Crippen LogP contribution in [0.4, 0.5) is 0 Å². The van der Waals surface area contributed by atoms with Crippen molar-refractivity contribution in [3.63, 3.8) is 0 Å². The summed E-state index contributed by atoms with van der Waals surface area (Å²) >= 11 is 3.67. The fraction of sp³-hybridized carbons (Fsp3) is 0.333. The predicted octanol–water partition coefficient (Wildman–Crippen LogP) is 4.49. The fourth-order valence-corrected chi connectivity index (χ4v) is 2.70. The molecule has 0 amide bonds. The van der Waals surface area contributed by atoms with E-state index < -0.39 is 0 Å². The number of ether oxygens (including phenoxy) is 2. The zero-order valence-corrected chi connectivity index (χ0v) is 14.9. The third kappa shape index (κ3) is 4.24. The molecule has 0 bridgehead atoms. The molecule has 0 heterocycles. The number of halogens is 1. The second-order valence-corrected chi connectivity index (χ2v) is 5.97. The summed E-state index contributed by atoms with van der Waals surface area (Å²) in [7, 11) is 3.76. The average molecular weight is 364 g/mol. The van der Waals surface area contributed by atoms with E-state index in [2.05, 4.69) is 53.0 Å². The topological polar surface area (TPSA) is 21.7 Å². The minimum Gasteiger partial charge on any atom is -0.493 e. The molecule has 0 aliphatic rings. The Hall–Kier alpha value is -1.52. The first-order chi connectivity index (χ1) is 10.7. The highest BCUT2D eigenvalue weighted by Crippen LogP contribution is 2.38. The molecule has 0 N–H and O–H groups in total.